The molecule has 2 heterocycles. The number of carboxylic acids is 1. The summed E-state index contributed by atoms with van der Waals surface area (Å²) in [5.74, 6) is -1.80. The van der Waals surface area contributed by atoms with Gasteiger partial charge in [0.05, 0.1) is 12.8 Å². The van der Waals surface area contributed by atoms with Crippen LogP contribution >= 0.6 is 0 Å². The molecule has 0 atom stereocenters. The first-order chi connectivity index (χ1) is 16.1. The molecule has 1 aromatic heterocycles. The number of hydrogen-bond donors (Lipinski definition) is 3. The van der Waals surface area contributed by atoms with Crippen LogP contribution in [0.25, 0.3) is 11.3 Å². The molecule has 2 aromatic carbocycles. The third-order valence-corrected chi connectivity index (χ3v) is 5.22. The standard InChI is InChI=1S/C21H21N3O3.C2HF3O2/c1-27-17-8-4-14(5-9-17)20-18-10-12-24(13-11-19(18)22-23-20)21(26)15-2-6-16(25)7-3-15;3-2(4,5)1(6)7/h2-9,25H,10-13H2,1H3,(H,22,23);(H,6,7). The highest BCUT2D eigenvalue weighted by atomic mass is 19.4. The number of carboxylic acid groups (broad SMARTS) is 1. The Balaban J connectivity index is 0.000000406. The lowest BCUT2D eigenvalue weighted by atomic mass is 10.0. The normalized spacial score (nSPS) is 13.2. The Morgan fingerprint density at radius 1 is 1.03 bits per heavy atom. The maximum Gasteiger partial charge on any atom is 0.490 e. The molecule has 1 aliphatic heterocycles. The topological polar surface area (TPSA) is 116 Å². The average Bonchev–Trinajstić information content (AvgIpc) is 3.10. The maximum atomic E-state index is 12.8. The van der Waals surface area contributed by atoms with Crippen LogP contribution in [-0.2, 0) is 17.6 Å². The number of nitrogens with one attached hydrogen (secondary N) is 1. The van der Waals surface area contributed by atoms with E-state index in [0.29, 0.717) is 18.7 Å². The number of aromatic nitrogens is 2. The van der Waals surface area contributed by atoms with Crippen molar-refractivity contribution in [3.63, 3.8) is 0 Å². The van der Waals surface area contributed by atoms with Gasteiger partial charge in [0.1, 0.15) is 11.5 Å². The second-order valence-corrected chi connectivity index (χ2v) is 7.40. The third-order valence-electron chi connectivity index (χ3n) is 5.22. The molecule has 3 N–H and O–H groups in total. The van der Waals surface area contributed by atoms with Gasteiger partial charge in [-0.1, -0.05) is 0 Å². The second-order valence-electron chi connectivity index (χ2n) is 7.40. The molecule has 0 bridgehead atoms. The van der Waals surface area contributed by atoms with E-state index in [1.165, 1.54) is 5.56 Å². The largest absolute Gasteiger partial charge is 0.508 e. The number of fused-ring (bicyclic) bond motifs is 1. The minimum Gasteiger partial charge on any atom is -0.508 e. The highest BCUT2D eigenvalue weighted by Gasteiger charge is 2.38. The van der Waals surface area contributed by atoms with Crippen molar-refractivity contribution in [2.45, 2.75) is 19.0 Å². The van der Waals surface area contributed by atoms with E-state index in [0.717, 1.165) is 35.5 Å². The summed E-state index contributed by atoms with van der Waals surface area (Å²) in [4.78, 5) is 23.5. The summed E-state index contributed by atoms with van der Waals surface area (Å²) < 4.78 is 37.0. The molecule has 11 heteroatoms. The molecule has 0 saturated heterocycles. The number of rotatable bonds is 3. The van der Waals surface area contributed by atoms with Crippen LogP contribution in [0.15, 0.2) is 48.5 Å². The first kappa shape index (κ1) is 24.6. The number of halogens is 3. The van der Waals surface area contributed by atoms with Crippen molar-refractivity contribution < 1.29 is 37.7 Å². The van der Waals surface area contributed by atoms with Crippen molar-refractivity contribution in [3.8, 4) is 22.8 Å². The van der Waals surface area contributed by atoms with Crippen LogP contribution in [0, 0.1) is 0 Å². The second kappa shape index (κ2) is 10.3. The Labute approximate surface area is 192 Å². The Bertz CT molecular complexity index is 1140. The molecule has 0 fully saturated rings. The van der Waals surface area contributed by atoms with Crippen LogP contribution in [0.3, 0.4) is 0 Å². The molecule has 0 aliphatic carbocycles. The van der Waals surface area contributed by atoms with Crippen molar-refractivity contribution in [1.29, 1.82) is 0 Å². The zero-order valence-corrected chi connectivity index (χ0v) is 18.1. The number of phenols is 1. The summed E-state index contributed by atoms with van der Waals surface area (Å²) in [7, 11) is 1.65. The first-order valence-corrected chi connectivity index (χ1v) is 10.2. The monoisotopic (exact) mass is 477 g/mol. The summed E-state index contributed by atoms with van der Waals surface area (Å²) in [6, 6.07) is 14.2. The lowest BCUT2D eigenvalue weighted by molar-refractivity contribution is -0.192. The highest BCUT2D eigenvalue weighted by molar-refractivity contribution is 5.94. The molecular formula is C23H22F3N3O5. The van der Waals surface area contributed by atoms with E-state index < -0.39 is 12.1 Å². The van der Waals surface area contributed by atoms with Crippen molar-refractivity contribution in [2.24, 2.45) is 0 Å². The zero-order chi connectivity index (χ0) is 24.9. The van der Waals surface area contributed by atoms with Gasteiger partial charge in [0.25, 0.3) is 5.91 Å². The average molecular weight is 477 g/mol. The fraction of sp³-hybridized carbons (Fsp3) is 0.261. The molecular weight excluding hydrogens is 455 g/mol. The highest BCUT2D eigenvalue weighted by Crippen LogP contribution is 2.28. The predicted molar refractivity (Wildman–Crippen MR) is 116 cm³/mol. The lowest BCUT2D eigenvalue weighted by Crippen LogP contribution is -2.33. The van der Waals surface area contributed by atoms with Crippen LogP contribution in [0.5, 0.6) is 11.5 Å². The quantitative estimate of drug-likeness (QED) is 0.530. The molecule has 8 nitrogen and oxygen atoms in total. The van der Waals surface area contributed by atoms with E-state index in [-0.39, 0.29) is 11.7 Å². The van der Waals surface area contributed by atoms with Crippen LogP contribution in [0.4, 0.5) is 13.2 Å². The fourth-order valence-electron chi connectivity index (χ4n) is 3.46. The van der Waals surface area contributed by atoms with Crippen molar-refractivity contribution >= 4 is 11.9 Å². The van der Waals surface area contributed by atoms with Gasteiger partial charge in [0.15, 0.2) is 0 Å². The van der Waals surface area contributed by atoms with E-state index in [1.54, 1.807) is 31.4 Å². The van der Waals surface area contributed by atoms with Gasteiger partial charge >= 0.3 is 12.1 Å². The van der Waals surface area contributed by atoms with Crippen molar-refractivity contribution in [2.75, 3.05) is 20.2 Å². The Kier molecular flexibility index (Phi) is 7.44. The minimum absolute atomic E-state index is 0.0147. The van der Waals surface area contributed by atoms with E-state index in [9.17, 15) is 23.1 Å². The van der Waals surface area contributed by atoms with Crippen molar-refractivity contribution in [3.05, 3.63) is 65.4 Å². The number of alkyl halides is 3. The lowest BCUT2D eigenvalue weighted by Gasteiger charge is -2.20. The van der Waals surface area contributed by atoms with Crippen LogP contribution in [0.1, 0.15) is 21.6 Å². The number of carbonyl (C=O) groups excluding carboxylic acids is 1. The van der Waals surface area contributed by atoms with Crippen molar-refractivity contribution in [1.82, 2.24) is 15.1 Å². The molecule has 0 radical (unpaired) electrons. The van der Waals surface area contributed by atoms with E-state index in [2.05, 4.69) is 10.2 Å². The summed E-state index contributed by atoms with van der Waals surface area (Å²) in [5, 5.41) is 24.2. The number of carbonyl (C=O) groups is 2. The number of aromatic hydroxyl groups is 1. The number of hydrogen-bond acceptors (Lipinski definition) is 5. The minimum atomic E-state index is -5.08. The number of nitrogens with zero attached hydrogens (tertiary/aromatic N) is 2. The molecule has 34 heavy (non-hydrogen) atoms. The van der Waals surface area contributed by atoms with Gasteiger partial charge in [0, 0.05) is 41.9 Å². The number of ether oxygens (including phenoxy) is 1. The number of aliphatic carboxylic acids is 1. The van der Waals surface area contributed by atoms with Gasteiger partial charge < -0.3 is 19.8 Å². The summed E-state index contributed by atoms with van der Waals surface area (Å²) >= 11 is 0. The number of methoxy groups -OCH3 is 1. The number of H-pyrrole nitrogens is 1. The molecule has 180 valence electrons. The number of phenolic OH excluding ortho intramolecular Hbond substituents is 1. The summed E-state index contributed by atoms with van der Waals surface area (Å²) in [6.07, 6.45) is -3.60. The maximum absolute atomic E-state index is 12.8. The van der Waals surface area contributed by atoms with Gasteiger partial charge in [-0.15, -0.1) is 0 Å². The van der Waals surface area contributed by atoms with Crippen LogP contribution in [0.2, 0.25) is 0 Å². The smallest absolute Gasteiger partial charge is 0.490 e. The Hall–Kier alpha value is -4.02. The van der Waals surface area contributed by atoms with E-state index in [4.69, 9.17) is 14.6 Å². The van der Waals surface area contributed by atoms with Gasteiger partial charge in [0.2, 0.25) is 0 Å². The number of benzene rings is 2. The molecule has 4 rings (SSSR count). The zero-order valence-electron chi connectivity index (χ0n) is 18.1. The van der Waals surface area contributed by atoms with E-state index in [1.807, 2.05) is 29.2 Å². The SMILES string of the molecule is COc1ccc(-c2n[nH]c3c2CCN(C(=O)c2ccc(O)cc2)CC3)cc1.O=C(O)C(F)(F)F. The van der Waals surface area contributed by atoms with Gasteiger partial charge in [-0.2, -0.15) is 18.3 Å². The Morgan fingerprint density at radius 3 is 2.18 bits per heavy atom. The molecule has 0 spiro atoms. The molecule has 0 saturated carbocycles. The summed E-state index contributed by atoms with van der Waals surface area (Å²) in [6.45, 7) is 1.27. The van der Waals surface area contributed by atoms with E-state index >= 15 is 0 Å². The molecule has 0 unspecified atom stereocenters. The fourth-order valence-corrected chi connectivity index (χ4v) is 3.46. The first-order valence-electron chi connectivity index (χ1n) is 10.2. The van der Waals surface area contributed by atoms with Crippen LogP contribution < -0.4 is 4.74 Å². The molecule has 1 aliphatic rings. The third kappa shape index (κ3) is 5.85. The van der Waals surface area contributed by atoms with Gasteiger partial charge in [-0.3, -0.25) is 9.89 Å². The molecule has 1 amide bonds. The number of amides is 1. The van der Waals surface area contributed by atoms with Gasteiger partial charge in [-0.05, 0) is 55.0 Å². The molecule has 3 aromatic rings. The van der Waals surface area contributed by atoms with Gasteiger partial charge in [-0.25, -0.2) is 4.79 Å². The summed E-state index contributed by atoms with van der Waals surface area (Å²) in [5.41, 5.74) is 4.81. The predicted octanol–water partition coefficient (Wildman–Crippen LogP) is 3.67. The Morgan fingerprint density at radius 2 is 1.62 bits per heavy atom. The number of aromatic amines is 1. The van der Waals surface area contributed by atoms with Crippen LogP contribution in [-0.4, -0.2) is 63.6 Å².